The molecule has 0 amide bonds. The van der Waals surface area contributed by atoms with Crippen molar-refractivity contribution in [1.29, 1.82) is 0 Å². The normalized spacial score (nSPS) is 17.7. The third-order valence-electron chi connectivity index (χ3n) is 3.99. The maximum Gasteiger partial charge on any atom is 0.179 e. The molecule has 0 bridgehead atoms. The Morgan fingerprint density at radius 1 is 1.33 bits per heavy atom. The molecule has 5 nitrogen and oxygen atoms in total. The highest BCUT2D eigenvalue weighted by Crippen LogP contribution is 2.41. The number of aromatic nitrogens is 3. The molecule has 3 N–H and O–H groups in total. The molecular weight excluding hydrogens is 226 g/mol. The van der Waals surface area contributed by atoms with Crippen LogP contribution < -0.4 is 10.6 Å². The van der Waals surface area contributed by atoms with E-state index in [1.54, 1.807) is 0 Å². The van der Waals surface area contributed by atoms with Gasteiger partial charge in [-0.3, -0.25) is 0 Å². The number of pyridine rings is 1. The van der Waals surface area contributed by atoms with Crippen LogP contribution in [0.4, 0.5) is 5.82 Å². The fraction of sp³-hybridized carbons (Fsp3) is 0.538. The standard InChI is InChI=1S/C13H19N5/c1-18(2)10-5-4-9-11(16-10)17-12(15-9)13(8-14)6-3-7-13/h4-5H,3,6-8,14H2,1-2H3,(H,15,16,17). The molecule has 1 saturated carbocycles. The van der Waals surface area contributed by atoms with Crippen LogP contribution in [0.5, 0.6) is 0 Å². The maximum atomic E-state index is 5.91. The van der Waals surface area contributed by atoms with Crippen LogP contribution in [0.15, 0.2) is 12.1 Å². The summed E-state index contributed by atoms with van der Waals surface area (Å²) in [7, 11) is 3.96. The number of nitrogens with one attached hydrogen (secondary N) is 1. The van der Waals surface area contributed by atoms with E-state index in [0.717, 1.165) is 35.6 Å². The summed E-state index contributed by atoms with van der Waals surface area (Å²) in [5, 5.41) is 0. The van der Waals surface area contributed by atoms with Gasteiger partial charge in [-0.2, -0.15) is 0 Å². The summed E-state index contributed by atoms with van der Waals surface area (Å²) in [5.74, 6) is 1.94. The van der Waals surface area contributed by atoms with Crippen LogP contribution in [0, 0.1) is 0 Å². The summed E-state index contributed by atoms with van der Waals surface area (Å²) in [6.07, 6.45) is 3.50. The van der Waals surface area contributed by atoms with Gasteiger partial charge >= 0.3 is 0 Å². The van der Waals surface area contributed by atoms with Gasteiger partial charge in [0.2, 0.25) is 0 Å². The number of nitrogens with two attached hydrogens (primary N) is 1. The molecule has 2 aromatic heterocycles. The smallest absolute Gasteiger partial charge is 0.179 e. The zero-order valence-corrected chi connectivity index (χ0v) is 10.9. The fourth-order valence-electron chi connectivity index (χ4n) is 2.52. The van der Waals surface area contributed by atoms with E-state index in [0.29, 0.717) is 6.54 Å². The molecule has 0 unspecified atom stereocenters. The lowest BCUT2D eigenvalue weighted by Gasteiger charge is -2.38. The summed E-state index contributed by atoms with van der Waals surface area (Å²) in [5.41, 5.74) is 7.76. The van der Waals surface area contributed by atoms with Crippen LogP contribution in [0.2, 0.25) is 0 Å². The van der Waals surface area contributed by atoms with Crippen molar-refractivity contribution in [3.8, 4) is 0 Å². The van der Waals surface area contributed by atoms with E-state index in [9.17, 15) is 0 Å². The zero-order valence-electron chi connectivity index (χ0n) is 10.9. The average Bonchev–Trinajstić information content (AvgIpc) is 2.70. The van der Waals surface area contributed by atoms with Gasteiger partial charge in [0.05, 0.1) is 5.52 Å². The molecule has 0 atom stereocenters. The van der Waals surface area contributed by atoms with Gasteiger partial charge < -0.3 is 15.6 Å². The second kappa shape index (κ2) is 3.95. The topological polar surface area (TPSA) is 70.8 Å². The predicted octanol–water partition coefficient (Wildman–Crippen LogP) is 1.40. The van der Waals surface area contributed by atoms with Crippen LogP contribution in [-0.2, 0) is 5.41 Å². The summed E-state index contributed by atoms with van der Waals surface area (Å²) >= 11 is 0. The summed E-state index contributed by atoms with van der Waals surface area (Å²) in [4.78, 5) is 14.6. The van der Waals surface area contributed by atoms with Crippen molar-refractivity contribution >= 4 is 17.0 Å². The first-order chi connectivity index (χ1) is 8.64. The quantitative estimate of drug-likeness (QED) is 0.857. The van der Waals surface area contributed by atoms with E-state index < -0.39 is 0 Å². The van der Waals surface area contributed by atoms with Crippen LogP contribution in [0.1, 0.15) is 25.1 Å². The first-order valence-electron chi connectivity index (χ1n) is 6.39. The Bertz CT molecular complexity index is 562. The summed E-state index contributed by atoms with van der Waals surface area (Å²) < 4.78 is 0. The minimum atomic E-state index is 0.0684. The zero-order chi connectivity index (χ0) is 12.8. The summed E-state index contributed by atoms with van der Waals surface area (Å²) in [6, 6.07) is 4.04. The van der Waals surface area contributed by atoms with Gasteiger partial charge in [0.25, 0.3) is 0 Å². The van der Waals surface area contributed by atoms with Gasteiger partial charge in [-0.25, -0.2) is 9.97 Å². The molecule has 0 aromatic carbocycles. The predicted molar refractivity (Wildman–Crippen MR) is 72.8 cm³/mol. The molecule has 3 rings (SSSR count). The van der Waals surface area contributed by atoms with Gasteiger partial charge in [0, 0.05) is 26.1 Å². The third-order valence-corrected chi connectivity index (χ3v) is 3.99. The number of fused-ring (bicyclic) bond motifs is 1. The first-order valence-corrected chi connectivity index (χ1v) is 6.39. The minimum Gasteiger partial charge on any atom is -0.363 e. The number of H-pyrrole nitrogens is 1. The number of aromatic amines is 1. The largest absolute Gasteiger partial charge is 0.363 e. The molecule has 1 aliphatic rings. The molecule has 1 fully saturated rings. The van der Waals surface area contributed by atoms with E-state index in [-0.39, 0.29) is 5.41 Å². The van der Waals surface area contributed by atoms with Gasteiger partial charge in [-0.15, -0.1) is 0 Å². The van der Waals surface area contributed by atoms with Gasteiger partial charge in [0.15, 0.2) is 5.65 Å². The number of imidazole rings is 1. The number of hydrogen-bond acceptors (Lipinski definition) is 4. The Hall–Kier alpha value is -1.62. The SMILES string of the molecule is CN(C)c1ccc2[nH]c(C3(CN)CCC3)nc2n1. The summed E-state index contributed by atoms with van der Waals surface area (Å²) in [6.45, 7) is 0.660. The lowest BCUT2D eigenvalue weighted by Crippen LogP contribution is -2.42. The highest BCUT2D eigenvalue weighted by atomic mass is 15.2. The van der Waals surface area contributed by atoms with Crippen molar-refractivity contribution in [2.24, 2.45) is 5.73 Å². The molecule has 0 radical (unpaired) electrons. The monoisotopic (exact) mass is 245 g/mol. The highest BCUT2D eigenvalue weighted by Gasteiger charge is 2.40. The van der Waals surface area contributed by atoms with E-state index in [2.05, 4.69) is 15.0 Å². The van der Waals surface area contributed by atoms with E-state index in [1.807, 2.05) is 31.1 Å². The Labute approximate surface area is 106 Å². The number of nitrogens with zero attached hydrogens (tertiary/aromatic N) is 3. The van der Waals surface area contributed by atoms with Crippen molar-refractivity contribution in [1.82, 2.24) is 15.0 Å². The third kappa shape index (κ3) is 1.58. The number of rotatable bonds is 3. The fourth-order valence-corrected chi connectivity index (χ4v) is 2.52. The molecule has 18 heavy (non-hydrogen) atoms. The van der Waals surface area contributed by atoms with Crippen molar-refractivity contribution in [2.45, 2.75) is 24.7 Å². The lowest BCUT2D eigenvalue weighted by molar-refractivity contribution is 0.240. The molecule has 0 aliphatic heterocycles. The van der Waals surface area contributed by atoms with Gasteiger partial charge in [0.1, 0.15) is 11.6 Å². The minimum absolute atomic E-state index is 0.0684. The molecular formula is C13H19N5. The Morgan fingerprint density at radius 2 is 2.11 bits per heavy atom. The van der Waals surface area contributed by atoms with E-state index >= 15 is 0 Å². The van der Waals surface area contributed by atoms with E-state index in [4.69, 9.17) is 5.73 Å². The van der Waals surface area contributed by atoms with Gasteiger partial charge in [-0.1, -0.05) is 6.42 Å². The Kier molecular flexibility index (Phi) is 2.52. The van der Waals surface area contributed by atoms with Crippen LogP contribution >= 0.6 is 0 Å². The Balaban J connectivity index is 2.05. The maximum absolute atomic E-state index is 5.91. The Morgan fingerprint density at radius 3 is 2.67 bits per heavy atom. The molecule has 5 heteroatoms. The number of anilines is 1. The van der Waals surface area contributed by atoms with E-state index in [1.165, 1.54) is 6.42 Å². The first kappa shape index (κ1) is 11.5. The van der Waals surface area contributed by atoms with Crippen LogP contribution in [-0.4, -0.2) is 35.6 Å². The van der Waals surface area contributed by atoms with Crippen LogP contribution in [0.25, 0.3) is 11.2 Å². The lowest BCUT2D eigenvalue weighted by atomic mass is 9.68. The molecule has 0 spiro atoms. The molecule has 2 heterocycles. The van der Waals surface area contributed by atoms with Crippen molar-refractivity contribution in [2.75, 3.05) is 25.5 Å². The number of hydrogen-bond donors (Lipinski definition) is 2. The van der Waals surface area contributed by atoms with Gasteiger partial charge in [-0.05, 0) is 25.0 Å². The molecule has 2 aromatic rings. The average molecular weight is 245 g/mol. The van der Waals surface area contributed by atoms with Crippen molar-refractivity contribution < 1.29 is 0 Å². The van der Waals surface area contributed by atoms with Crippen molar-refractivity contribution in [3.05, 3.63) is 18.0 Å². The molecule has 0 saturated heterocycles. The molecule has 96 valence electrons. The van der Waals surface area contributed by atoms with Crippen molar-refractivity contribution in [3.63, 3.8) is 0 Å². The highest BCUT2D eigenvalue weighted by molar-refractivity contribution is 5.73. The second-order valence-corrected chi connectivity index (χ2v) is 5.36. The molecule has 1 aliphatic carbocycles. The van der Waals surface area contributed by atoms with Crippen LogP contribution in [0.3, 0.4) is 0 Å². The second-order valence-electron chi connectivity index (χ2n) is 5.36.